The molecular formula is C18H25ClN2O3. The van der Waals surface area contributed by atoms with Gasteiger partial charge in [0.05, 0.1) is 6.61 Å². The van der Waals surface area contributed by atoms with Gasteiger partial charge in [-0.25, -0.2) is 0 Å². The van der Waals surface area contributed by atoms with Crippen LogP contribution in [0.25, 0.3) is 0 Å². The zero-order valence-corrected chi connectivity index (χ0v) is 15.0. The van der Waals surface area contributed by atoms with Gasteiger partial charge in [0.1, 0.15) is 5.75 Å². The van der Waals surface area contributed by atoms with Gasteiger partial charge in [0.2, 0.25) is 11.8 Å². The van der Waals surface area contributed by atoms with Crippen LogP contribution in [0.15, 0.2) is 24.3 Å². The summed E-state index contributed by atoms with van der Waals surface area (Å²) in [5.41, 5.74) is 0. The molecule has 2 rings (SSSR count). The van der Waals surface area contributed by atoms with Crippen molar-refractivity contribution in [3.05, 3.63) is 29.3 Å². The van der Waals surface area contributed by atoms with Gasteiger partial charge in [0.25, 0.3) is 0 Å². The predicted octanol–water partition coefficient (Wildman–Crippen LogP) is 2.73. The molecule has 0 bridgehead atoms. The third kappa shape index (κ3) is 6.04. The van der Waals surface area contributed by atoms with Gasteiger partial charge in [0.15, 0.2) is 0 Å². The fourth-order valence-corrected chi connectivity index (χ4v) is 2.66. The zero-order valence-electron chi connectivity index (χ0n) is 14.3. The van der Waals surface area contributed by atoms with E-state index in [9.17, 15) is 9.59 Å². The molecule has 0 aromatic heterocycles. The van der Waals surface area contributed by atoms with Gasteiger partial charge in [0, 0.05) is 37.5 Å². The first kappa shape index (κ1) is 18.6. The molecule has 1 aromatic rings. The molecule has 2 atom stereocenters. The highest BCUT2D eigenvalue weighted by Crippen LogP contribution is 2.37. The Morgan fingerprint density at radius 1 is 1.42 bits per heavy atom. The van der Waals surface area contributed by atoms with Crippen molar-refractivity contribution in [1.29, 1.82) is 0 Å². The summed E-state index contributed by atoms with van der Waals surface area (Å²) in [5, 5.41) is 3.47. The lowest BCUT2D eigenvalue weighted by Gasteiger charge is -2.17. The van der Waals surface area contributed by atoms with Crippen molar-refractivity contribution in [3.8, 4) is 5.75 Å². The molecule has 1 aliphatic rings. The molecule has 24 heavy (non-hydrogen) atoms. The second-order valence-electron chi connectivity index (χ2n) is 6.34. The number of nitrogens with one attached hydrogen (secondary N) is 1. The van der Waals surface area contributed by atoms with Crippen molar-refractivity contribution < 1.29 is 14.3 Å². The monoisotopic (exact) mass is 352 g/mol. The van der Waals surface area contributed by atoms with E-state index in [0.717, 1.165) is 18.6 Å². The van der Waals surface area contributed by atoms with Crippen LogP contribution in [-0.4, -0.2) is 43.5 Å². The van der Waals surface area contributed by atoms with Crippen LogP contribution in [0.1, 0.15) is 26.2 Å². The smallest absolute Gasteiger partial charge is 0.224 e. The summed E-state index contributed by atoms with van der Waals surface area (Å²) >= 11 is 5.89. The Kier molecular flexibility index (Phi) is 6.91. The molecule has 1 saturated carbocycles. The number of hydrogen-bond acceptors (Lipinski definition) is 3. The summed E-state index contributed by atoms with van der Waals surface area (Å²) in [4.78, 5) is 25.3. The molecule has 0 spiro atoms. The number of halogens is 1. The Bertz CT molecular complexity index is 579. The van der Waals surface area contributed by atoms with Crippen LogP contribution in [0.4, 0.5) is 0 Å². The van der Waals surface area contributed by atoms with E-state index >= 15 is 0 Å². The number of carbonyl (C=O) groups is 2. The zero-order chi connectivity index (χ0) is 17.5. The molecule has 1 aromatic carbocycles. The number of benzene rings is 1. The molecule has 1 fully saturated rings. The van der Waals surface area contributed by atoms with E-state index in [4.69, 9.17) is 16.3 Å². The molecule has 0 aliphatic heterocycles. The standard InChI is InChI=1S/C18H25ClN2O3/c1-13-11-16(13)18(23)20-8-7-17(22)21(2)9-4-10-24-15-6-3-5-14(19)12-15/h3,5-6,12-13,16H,4,7-11H2,1-2H3,(H,20,23). The minimum absolute atomic E-state index is 0.0295. The Morgan fingerprint density at radius 3 is 2.83 bits per heavy atom. The minimum Gasteiger partial charge on any atom is -0.493 e. The molecule has 1 N–H and O–H groups in total. The lowest BCUT2D eigenvalue weighted by atomic mass is 10.3. The molecule has 2 amide bonds. The van der Waals surface area contributed by atoms with Gasteiger partial charge in [-0.1, -0.05) is 24.6 Å². The average Bonchev–Trinajstić information content (AvgIpc) is 3.28. The van der Waals surface area contributed by atoms with Crippen molar-refractivity contribution in [3.63, 3.8) is 0 Å². The van der Waals surface area contributed by atoms with Crippen molar-refractivity contribution in [1.82, 2.24) is 10.2 Å². The quantitative estimate of drug-likeness (QED) is 0.695. The van der Waals surface area contributed by atoms with Crippen molar-refractivity contribution in [2.24, 2.45) is 11.8 Å². The summed E-state index contributed by atoms with van der Waals surface area (Å²) in [6.45, 7) is 3.61. The third-order valence-electron chi connectivity index (χ3n) is 4.21. The molecule has 5 nitrogen and oxygen atoms in total. The van der Waals surface area contributed by atoms with E-state index in [-0.39, 0.29) is 17.7 Å². The molecule has 2 unspecified atom stereocenters. The highest BCUT2D eigenvalue weighted by Gasteiger charge is 2.38. The van der Waals surface area contributed by atoms with Crippen LogP contribution < -0.4 is 10.1 Å². The average molecular weight is 353 g/mol. The summed E-state index contributed by atoms with van der Waals surface area (Å²) in [6, 6.07) is 7.25. The number of ether oxygens (including phenoxy) is 1. The topological polar surface area (TPSA) is 58.6 Å². The second-order valence-corrected chi connectivity index (χ2v) is 6.77. The van der Waals surface area contributed by atoms with Gasteiger partial charge >= 0.3 is 0 Å². The maximum Gasteiger partial charge on any atom is 0.224 e. The van der Waals surface area contributed by atoms with Crippen LogP contribution >= 0.6 is 11.6 Å². The SMILES string of the molecule is CC1CC1C(=O)NCCC(=O)N(C)CCCOc1cccc(Cl)c1. The summed E-state index contributed by atoms with van der Waals surface area (Å²) in [5.74, 6) is 1.48. The van der Waals surface area contributed by atoms with Gasteiger partial charge in [-0.2, -0.15) is 0 Å². The van der Waals surface area contributed by atoms with Crippen molar-refractivity contribution in [2.45, 2.75) is 26.2 Å². The molecular weight excluding hydrogens is 328 g/mol. The van der Waals surface area contributed by atoms with Gasteiger partial charge in [-0.15, -0.1) is 0 Å². The summed E-state index contributed by atoms with van der Waals surface area (Å²) < 4.78 is 5.59. The maximum absolute atomic E-state index is 12.0. The van der Waals surface area contributed by atoms with E-state index in [1.54, 1.807) is 24.1 Å². The fourth-order valence-electron chi connectivity index (χ4n) is 2.48. The highest BCUT2D eigenvalue weighted by molar-refractivity contribution is 6.30. The number of amides is 2. The van der Waals surface area contributed by atoms with Gasteiger partial charge < -0.3 is 15.0 Å². The molecule has 132 valence electrons. The number of hydrogen-bond donors (Lipinski definition) is 1. The van der Waals surface area contributed by atoms with E-state index in [1.165, 1.54) is 0 Å². The van der Waals surface area contributed by atoms with E-state index in [1.807, 2.05) is 12.1 Å². The van der Waals surface area contributed by atoms with Crippen LogP contribution in [0.2, 0.25) is 5.02 Å². The molecule has 0 radical (unpaired) electrons. The van der Waals surface area contributed by atoms with Crippen molar-refractivity contribution in [2.75, 3.05) is 26.7 Å². The molecule has 0 heterocycles. The first-order valence-corrected chi connectivity index (χ1v) is 8.75. The number of rotatable bonds is 9. The molecule has 1 aliphatic carbocycles. The van der Waals surface area contributed by atoms with E-state index < -0.39 is 0 Å². The van der Waals surface area contributed by atoms with Crippen LogP contribution in [0.3, 0.4) is 0 Å². The fraction of sp³-hybridized carbons (Fsp3) is 0.556. The lowest BCUT2D eigenvalue weighted by Crippen LogP contribution is -2.33. The van der Waals surface area contributed by atoms with Gasteiger partial charge in [-0.05, 0) is 37.0 Å². The Morgan fingerprint density at radius 2 is 2.17 bits per heavy atom. The normalized spacial score (nSPS) is 18.8. The number of carbonyl (C=O) groups excluding carboxylic acids is 2. The molecule has 6 heteroatoms. The van der Waals surface area contributed by atoms with Crippen LogP contribution in [0, 0.1) is 11.8 Å². The van der Waals surface area contributed by atoms with Crippen LogP contribution in [0.5, 0.6) is 5.75 Å². The second kappa shape index (κ2) is 8.92. The largest absolute Gasteiger partial charge is 0.493 e. The van der Waals surface area contributed by atoms with Crippen LogP contribution in [-0.2, 0) is 9.59 Å². The minimum atomic E-state index is 0.0295. The van der Waals surface area contributed by atoms with E-state index in [0.29, 0.717) is 37.1 Å². The molecule has 0 saturated heterocycles. The first-order valence-electron chi connectivity index (χ1n) is 8.37. The van der Waals surface area contributed by atoms with Gasteiger partial charge in [-0.3, -0.25) is 9.59 Å². The number of nitrogens with zero attached hydrogens (tertiary/aromatic N) is 1. The first-order chi connectivity index (χ1) is 11.5. The Hall–Kier alpha value is -1.75. The Balaban J connectivity index is 1.55. The maximum atomic E-state index is 12.0. The van der Waals surface area contributed by atoms with Crippen molar-refractivity contribution >= 4 is 23.4 Å². The lowest BCUT2D eigenvalue weighted by molar-refractivity contribution is -0.130. The summed E-state index contributed by atoms with van der Waals surface area (Å²) in [7, 11) is 1.77. The highest BCUT2D eigenvalue weighted by atomic mass is 35.5. The third-order valence-corrected chi connectivity index (χ3v) is 4.45. The van der Waals surface area contributed by atoms with E-state index in [2.05, 4.69) is 12.2 Å². The summed E-state index contributed by atoms with van der Waals surface area (Å²) in [6.07, 6.45) is 2.03. The Labute approximate surface area is 148 Å². The predicted molar refractivity (Wildman–Crippen MR) is 94.1 cm³/mol.